The van der Waals surface area contributed by atoms with E-state index >= 15 is 0 Å². The van der Waals surface area contributed by atoms with Crippen LogP contribution in [-0.4, -0.2) is 67.6 Å². The minimum Gasteiger partial charge on any atom is -0.480 e. The fraction of sp³-hybridized carbons (Fsp3) is 0.483. The van der Waals surface area contributed by atoms with Crippen molar-refractivity contribution in [3.8, 4) is 0 Å². The van der Waals surface area contributed by atoms with Crippen molar-refractivity contribution >= 4 is 45.7 Å². The van der Waals surface area contributed by atoms with E-state index in [1.807, 2.05) is 41.8 Å². The molecule has 0 saturated heterocycles. The van der Waals surface area contributed by atoms with Crippen molar-refractivity contribution in [3.05, 3.63) is 42.2 Å². The number of hydrogen-bond donors (Lipinski definition) is 4. The number of nitrogens with one attached hydrogen (secondary N) is 2. The monoisotopic (exact) mass is 567 g/mol. The zero-order valence-electron chi connectivity index (χ0n) is 23.6. The Hall–Kier alpha value is -4.03. The molecular weight excluding hydrogens is 530 g/mol. The van der Waals surface area contributed by atoms with E-state index in [0.29, 0.717) is 54.7 Å². The van der Waals surface area contributed by atoms with Gasteiger partial charge < -0.3 is 29.6 Å². The number of anilines is 1. The largest absolute Gasteiger partial charge is 0.480 e. The number of hydrogen-bond acceptors (Lipinski definition) is 8. The van der Waals surface area contributed by atoms with Crippen LogP contribution in [0.2, 0.25) is 0 Å². The Morgan fingerprint density at radius 2 is 1.93 bits per heavy atom. The summed E-state index contributed by atoms with van der Waals surface area (Å²) < 4.78 is 13.2. The molecule has 4 rings (SSSR count). The molecule has 0 spiro atoms. The molecule has 2 heterocycles. The van der Waals surface area contributed by atoms with Crippen LogP contribution in [-0.2, 0) is 32.2 Å². The molecule has 12 heteroatoms. The first-order valence-corrected chi connectivity index (χ1v) is 13.8. The highest BCUT2D eigenvalue weighted by Crippen LogP contribution is 2.32. The number of imidazole rings is 1. The zero-order valence-corrected chi connectivity index (χ0v) is 23.6. The number of aliphatic hydroxyl groups is 1. The van der Waals surface area contributed by atoms with E-state index in [2.05, 4.69) is 15.6 Å². The van der Waals surface area contributed by atoms with Gasteiger partial charge in [-0.1, -0.05) is 24.3 Å². The molecule has 2 atom stereocenters. The van der Waals surface area contributed by atoms with Gasteiger partial charge in [0.05, 0.1) is 23.2 Å². The first-order valence-electron chi connectivity index (χ1n) is 13.8. The van der Waals surface area contributed by atoms with Gasteiger partial charge in [-0.25, -0.2) is 14.8 Å². The maximum absolute atomic E-state index is 13.1. The topological polar surface area (TPSA) is 165 Å². The van der Waals surface area contributed by atoms with Crippen LogP contribution in [0.5, 0.6) is 0 Å². The minimum atomic E-state index is -1.10. The number of carbonyl (C=O) groups is 3. The second-order valence-corrected chi connectivity index (χ2v) is 10.7. The van der Waals surface area contributed by atoms with E-state index in [1.54, 1.807) is 19.9 Å². The average molecular weight is 568 g/mol. The third kappa shape index (κ3) is 7.80. The first kappa shape index (κ1) is 29.9. The SMILES string of the molecule is CCOCc1nc2c(NC(=O)OC3/C=C/CCC(C(=O)NCC(=O)O)CC3)nc3ccccc3c2n1CC(C)(C)O. The van der Waals surface area contributed by atoms with E-state index in [4.69, 9.17) is 19.6 Å². The van der Waals surface area contributed by atoms with Crippen LogP contribution in [0.15, 0.2) is 36.4 Å². The van der Waals surface area contributed by atoms with E-state index in [9.17, 15) is 19.5 Å². The number of nitrogens with zero attached hydrogens (tertiary/aromatic N) is 3. The molecule has 1 aliphatic rings. The van der Waals surface area contributed by atoms with Crippen LogP contribution in [0.1, 0.15) is 52.3 Å². The highest BCUT2D eigenvalue weighted by Gasteiger charge is 2.26. The summed E-state index contributed by atoms with van der Waals surface area (Å²) in [6.07, 6.45) is 4.37. The van der Waals surface area contributed by atoms with Gasteiger partial charge in [0.25, 0.3) is 0 Å². The maximum atomic E-state index is 13.1. The third-order valence-corrected chi connectivity index (χ3v) is 6.74. The van der Waals surface area contributed by atoms with Crippen LogP contribution in [0, 0.1) is 5.92 Å². The third-order valence-electron chi connectivity index (χ3n) is 6.74. The Labute approximate surface area is 237 Å². The number of benzene rings is 1. The molecule has 0 bridgehead atoms. The number of rotatable bonds is 10. The van der Waals surface area contributed by atoms with E-state index in [1.165, 1.54) is 0 Å². The van der Waals surface area contributed by atoms with E-state index in [-0.39, 0.29) is 30.8 Å². The van der Waals surface area contributed by atoms with Crippen molar-refractivity contribution in [3.63, 3.8) is 0 Å². The minimum absolute atomic E-state index is 0.216. The van der Waals surface area contributed by atoms with Crippen LogP contribution < -0.4 is 10.6 Å². The standard InChI is InChI=1S/C29H37N5O7/c1-4-40-16-22-32-24-25(34(22)17-29(2,3)39)20-11-7-8-12-21(20)31-26(24)33-28(38)41-19-10-6-5-9-18(13-14-19)27(37)30-15-23(35)36/h6-8,10-12,18-19,39H,4-5,9,13-17H2,1-3H3,(H,30,37)(H,35,36)(H,31,33,38)/b10-6+. The fourth-order valence-electron chi connectivity index (χ4n) is 4.91. The number of amides is 2. The number of aliphatic carboxylic acids is 1. The molecule has 3 aromatic rings. The van der Waals surface area contributed by atoms with Gasteiger partial charge in [0.1, 0.15) is 30.6 Å². The molecule has 1 aliphatic carbocycles. The summed E-state index contributed by atoms with van der Waals surface area (Å²) >= 11 is 0. The van der Waals surface area contributed by atoms with Gasteiger partial charge >= 0.3 is 12.1 Å². The number of fused-ring (bicyclic) bond motifs is 3. The summed E-state index contributed by atoms with van der Waals surface area (Å²) in [5.74, 6) is -0.990. The van der Waals surface area contributed by atoms with Crippen molar-refractivity contribution in [1.82, 2.24) is 19.9 Å². The van der Waals surface area contributed by atoms with Gasteiger partial charge in [-0.15, -0.1) is 0 Å². The van der Waals surface area contributed by atoms with Gasteiger partial charge in [-0.05, 0) is 58.6 Å². The Morgan fingerprint density at radius 1 is 1.15 bits per heavy atom. The van der Waals surface area contributed by atoms with Gasteiger partial charge in [0, 0.05) is 17.9 Å². The van der Waals surface area contributed by atoms with Crippen molar-refractivity contribution in [1.29, 1.82) is 0 Å². The molecule has 220 valence electrons. The summed E-state index contributed by atoms with van der Waals surface area (Å²) in [5.41, 5.74) is 0.751. The number of aromatic nitrogens is 3. The second kappa shape index (κ2) is 13.1. The Morgan fingerprint density at radius 3 is 2.66 bits per heavy atom. The Kier molecular flexibility index (Phi) is 9.56. The van der Waals surface area contributed by atoms with Crippen molar-refractivity contribution in [2.24, 2.45) is 5.92 Å². The molecule has 2 unspecified atom stereocenters. The van der Waals surface area contributed by atoms with Gasteiger partial charge in [0.2, 0.25) is 5.91 Å². The van der Waals surface area contributed by atoms with Crippen LogP contribution >= 0.6 is 0 Å². The summed E-state index contributed by atoms with van der Waals surface area (Å²) in [7, 11) is 0. The number of allylic oxidation sites excluding steroid dienone is 1. The molecule has 0 fully saturated rings. The lowest BCUT2D eigenvalue weighted by Gasteiger charge is -2.22. The van der Waals surface area contributed by atoms with Crippen molar-refractivity contribution in [2.45, 2.75) is 71.3 Å². The van der Waals surface area contributed by atoms with Crippen LogP contribution in [0.4, 0.5) is 10.6 Å². The summed E-state index contributed by atoms with van der Waals surface area (Å²) in [6.45, 7) is 5.83. The number of pyridine rings is 1. The smallest absolute Gasteiger partial charge is 0.413 e. The number of carboxylic acids is 1. The molecule has 41 heavy (non-hydrogen) atoms. The molecular formula is C29H37N5O7. The summed E-state index contributed by atoms with van der Waals surface area (Å²) in [4.78, 5) is 45.7. The lowest BCUT2D eigenvalue weighted by molar-refractivity contribution is -0.138. The highest BCUT2D eigenvalue weighted by molar-refractivity contribution is 6.09. The van der Waals surface area contributed by atoms with Gasteiger partial charge in [-0.2, -0.15) is 0 Å². The molecule has 0 radical (unpaired) electrons. The fourth-order valence-corrected chi connectivity index (χ4v) is 4.91. The van der Waals surface area contributed by atoms with Crippen LogP contribution in [0.3, 0.4) is 0 Å². The van der Waals surface area contributed by atoms with E-state index in [0.717, 1.165) is 5.39 Å². The number of carbonyl (C=O) groups excluding carboxylic acids is 2. The molecule has 2 aromatic heterocycles. The number of carboxylic acid groups (broad SMARTS) is 1. The summed E-state index contributed by atoms with van der Waals surface area (Å²) in [6, 6.07) is 7.50. The molecule has 0 aliphatic heterocycles. The van der Waals surface area contributed by atoms with Crippen molar-refractivity contribution < 1.29 is 34.1 Å². The first-order chi connectivity index (χ1) is 19.6. The predicted molar refractivity (Wildman–Crippen MR) is 152 cm³/mol. The molecule has 1 aromatic carbocycles. The molecule has 4 N–H and O–H groups in total. The number of ether oxygens (including phenoxy) is 2. The Bertz CT molecular complexity index is 1440. The van der Waals surface area contributed by atoms with Crippen LogP contribution in [0.25, 0.3) is 21.9 Å². The zero-order chi connectivity index (χ0) is 29.6. The second-order valence-electron chi connectivity index (χ2n) is 10.7. The lowest BCUT2D eigenvalue weighted by Crippen LogP contribution is -2.35. The molecule has 2 amide bonds. The normalized spacial score (nSPS) is 18.4. The van der Waals surface area contributed by atoms with E-state index < -0.39 is 30.3 Å². The molecule has 12 nitrogen and oxygen atoms in total. The maximum Gasteiger partial charge on any atom is 0.413 e. The molecule has 0 saturated carbocycles. The summed E-state index contributed by atoms with van der Waals surface area (Å²) in [5, 5.41) is 25.5. The van der Waals surface area contributed by atoms with Gasteiger partial charge in [-0.3, -0.25) is 14.9 Å². The quantitative estimate of drug-likeness (QED) is 0.267. The Balaban J connectivity index is 1.58. The average Bonchev–Trinajstić information content (AvgIpc) is 3.25. The van der Waals surface area contributed by atoms with Gasteiger partial charge in [0.15, 0.2) is 5.82 Å². The van der Waals surface area contributed by atoms with Crippen molar-refractivity contribution in [2.75, 3.05) is 18.5 Å². The predicted octanol–water partition coefficient (Wildman–Crippen LogP) is 3.76. The lowest BCUT2D eigenvalue weighted by atomic mass is 9.92. The number of para-hydroxylation sites is 1. The highest BCUT2D eigenvalue weighted by atomic mass is 16.6.